The summed E-state index contributed by atoms with van der Waals surface area (Å²) in [4.78, 5) is 29.5. The second-order valence-corrected chi connectivity index (χ2v) is 8.63. The van der Waals surface area contributed by atoms with Crippen LogP contribution in [0.1, 0.15) is 42.7 Å². The monoisotopic (exact) mass is 416 g/mol. The minimum atomic E-state index is -3.56. The average molecular weight is 417 g/mol. The molecular weight excluding hydrogens is 392 g/mol. The molecular formula is C20H24N4O4S. The first-order valence-electron chi connectivity index (χ1n) is 9.39. The molecule has 29 heavy (non-hydrogen) atoms. The van der Waals surface area contributed by atoms with Gasteiger partial charge in [-0.25, -0.2) is 13.2 Å². The molecule has 0 saturated heterocycles. The molecule has 0 fully saturated rings. The van der Waals surface area contributed by atoms with E-state index >= 15 is 0 Å². The second-order valence-electron chi connectivity index (χ2n) is 6.69. The number of hydrogen-bond acceptors (Lipinski definition) is 4. The van der Waals surface area contributed by atoms with E-state index in [2.05, 4.69) is 15.3 Å². The van der Waals surface area contributed by atoms with E-state index in [1.165, 1.54) is 28.6 Å². The average Bonchev–Trinajstić information content (AvgIpc) is 3.07. The quantitative estimate of drug-likeness (QED) is 0.548. The minimum absolute atomic E-state index is 0.160. The van der Waals surface area contributed by atoms with Crippen LogP contribution in [-0.4, -0.2) is 41.7 Å². The Hall–Kier alpha value is -2.91. The molecule has 0 bridgehead atoms. The van der Waals surface area contributed by atoms with E-state index < -0.39 is 10.0 Å². The summed E-state index contributed by atoms with van der Waals surface area (Å²) in [5.41, 5.74) is 2.28. The van der Waals surface area contributed by atoms with Crippen LogP contribution in [0.25, 0.3) is 11.0 Å². The summed E-state index contributed by atoms with van der Waals surface area (Å²) in [6.45, 7) is 6.17. The van der Waals surface area contributed by atoms with Crippen LogP contribution in [0.4, 0.5) is 0 Å². The van der Waals surface area contributed by atoms with Crippen LogP contribution < -0.4 is 11.0 Å². The van der Waals surface area contributed by atoms with Gasteiger partial charge in [0.2, 0.25) is 10.0 Å². The summed E-state index contributed by atoms with van der Waals surface area (Å²) in [7, 11) is -3.56. The van der Waals surface area contributed by atoms with Crippen LogP contribution in [0.2, 0.25) is 0 Å². The number of H-pyrrole nitrogens is 2. The number of benzene rings is 2. The molecule has 154 valence electrons. The summed E-state index contributed by atoms with van der Waals surface area (Å²) < 4.78 is 26.5. The molecule has 1 amide bonds. The van der Waals surface area contributed by atoms with E-state index in [1.807, 2.05) is 13.0 Å². The number of fused-ring (bicyclic) bond motifs is 1. The van der Waals surface area contributed by atoms with E-state index in [1.54, 1.807) is 26.0 Å². The number of nitrogens with zero attached hydrogens (tertiary/aromatic N) is 1. The van der Waals surface area contributed by atoms with Crippen molar-refractivity contribution in [1.29, 1.82) is 0 Å². The Balaban J connectivity index is 1.75. The van der Waals surface area contributed by atoms with Crippen LogP contribution in [-0.2, 0) is 10.0 Å². The van der Waals surface area contributed by atoms with E-state index in [-0.39, 0.29) is 22.5 Å². The lowest BCUT2D eigenvalue weighted by Crippen LogP contribution is -2.30. The Kier molecular flexibility index (Phi) is 5.90. The van der Waals surface area contributed by atoms with E-state index in [0.29, 0.717) is 29.7 Å². The molecule has 3 rings (SSSR count). The topological polar surface area (TPSA) is 115 Å². The Morgan fingerprint density at radius 2 is 1.66 bits per heavy atom. The lowest BCUT2D eigenvalue weighted by atomic mass is 10.1. The van der Waals surface area contributed by atoms with Crippen LogP contribution >= 0.6 is 0 Å². The first-order chi connectivity index (χ1) is 13.8. The third-order valence-corrected chi connectivity index (χ3v) is 6.91. The normalized spacial score (nSPS) is 13.0. The number of aromatic amines is 2. The highest BCUT2D eigenvalue weighted by Gasteiger charge is 2.22. The lowest BCUT2D eigenvalue weighted by Gasteiger charge is -2.18. The lowest BCUT2D eigenvalue weighted by molar-refractivity contribution is 0.0940. The zero-order chi connectivity index (χ0) is 21.2. The van der Waals surface area contributed by atoms with E-state index in [9.17, 15) is 18.0 Å². The molecule has 9 heteroatoms. The van der Waals surface area contributed by atoms with Crippen molar-refractivity contribution in [3.8, 4) is 0 Å². The van der Waals surface area contributed by atoms with Crippen molar-refractivity contribution >= 4 is 27.0 Å². The first kappa shape index (κ1) is 20.8. The summed E-state index contributed by atoms with van der Waals surface area (Å²) in [6.07, 6.45) is 0. The zero-order valence-electron chi connectivity index (χ0n) is 16.5. The number of carbonyl (C=O) groups excluding carboxylic acids is 1. The van der Waals surface area contributed by atoms with Gasteiger partial charge < -0.3 is 15.3 Å². The van der Waals surface area contributed by atoms with Crippen molar-refractivity contribution in [2.24, 2.45) is 0 Å². The highest BCUT2D eigenvalue weighted by atomic mass is 32.2. The van der Waals surface area contributed by atoms with Gasteiger partial charge in [-0.15, -0.1) is 0 Å². The fourth-order valence-electron chi connectivity index (χ4n) is 3.17. The van der Waals surface area contributed by atoms with Gasteiger partial charge in [-0.1, -0.05) is 19.9 Å². The molecule has 0 aliphatic heterocycles. The maximum Gasteiger partial charge on any atom is 0.323 e. The van der Waals surface area contributed by atoms with Crippen molar-refractivity contribution in [2.75, 3.05) is 13.1 Å². The molecule has 0 aliphatic carbocycles. The molecule has 0 aliphatic rings. The molecule has 1 heterocycles. The Bertz CT molecular complexity index is 1180. The van der Waals surface area contributed by atoms with Gasteiger partial charge in [0.05, 0.1) is 22.0 Å². The fraction of sp³-hybridized carbons (Fsp3) is 0.300. The zero-order valence-corrected chi connectivity index (χ0v) is 17.3. The standard InChI is InChI=1S/C20H24N4O4S/c1-4-24(5-2)29(27,28)16-9-6-14(7-10-16)19(25)21-13(3)15-8-11-17-18(12-15)23-20(26)22-17/h6-13H,4-5H2,1-3H3,(H,21,25)(H2,22,23,26). The Labute approximate surface area is 169 Å². The highest BCUT2D eigenvalue weighted by molar-refractivity contribution is 7.89. The van der Waals surface area contributed by atoms with Crippen molar-refractivity contribution in [2.45, 2.75) is 31.7 Å². The Morgan fingerprint density at radius 1 is 1.03 bits per heavy atom. The van der Waals surface area contributed by atoms with Crippen LogP contribution in [0.5, 0.6) is 0 Å². The molecule has 1 aromatic heterocycles. The fourth-order valence-corrected chi connectivity index (χ4v) is 4.63. The Morgan fingerprint density at radius 3 is 2.28 bits per heavy atom. The molecule has 0 radical (unpaired) electrons. The van der Waals surface area contributed by atoms with Gasteiger partial charge >= 0.3 is 5.69 Å². The van der Waals surface area contributed by atoms with E-state index in [4.69, 9.17) is 0 Å². The molecule has 1 atom stereocenters. The summed E-state index contributed by atoms with van der Waals surface area (Å²) in [5.74, 6) is -0.313. The maximum atomic E-state index is 12.6. The van der Waals surface area contributed by atoms with Gasteiger partial charge in [0.25, 0.3) is 5.91 Å². The number of amides is 1. The smallest absolute Gasteiger partial charge is 0.323 e. The SMILES string of the molecule is CCN(CC)S(=O)(=O)c1ccc(C(=O)NC(C)c2ccc3[nH]c(=O)[nH]c3c2)cc1. The molecule has 3 N–H and O–H groups in total. The van der Waals surface area contributed by atoms with Crippen LogP contribution in [0, 0.1) is 0 Å². The third-order valence-electron chi connectivity index (χ3n) is 4.85. The number of carbonyl (C=O) groups is 1. The number of sulfonamides is 1. The molecule has 1 unspecified atom stereocenters. The third kappa shape index (κ3) is 4.25. The van der Waals surface area contributed by atoms with Gasteiger partial charge in [0.1, 0.15) is 0 Å². The predicted octanol–water partition coefficient (Wildman–Crippen LogP) is 2.38. The van der Waals surface area contributed by atoms with E-state index in [0.717, 1.165) is 5.56 Å². The van der Waals surface area contributed by atoms with Crippen molar-refractivity contribution in [1.82, 2.24) is 19.6 Å². The molecule has 3 aromatic rings. The van der Waals surface area contributed by atoms with Crippen LogP contribution in [0.3, 0.4) is 0 Å². The van der Waals surface area contributed by atoms with Gasteiger partial charge in [0, 0.05) is 18.7 Å². The van der Waals surface area contributed by atoms with Gasteiger partial charge in [-0.3, -0.25) is 4.79 Å². The van der Waals surface area contributed by atoms with Crippen LogP contribution in [0.15, 0.2) is 52.2 Å². The van der Waals surface area contributed by atoms with Gasteiger partial charge in [0.15, 0.2) is 0 Å². The van der Waals surface area contributed by atoms with Crippen molar-refractivity contribution in [3.05, 3.63) is 64.1 Å². The summed E-state index contributed by atoms with van der Waals surface area (Å²) >= 11 is 0. The molecule has 0 saturated carbocycles. The number of aromatic nitrogens is 2. The summed E-state index contributed by atoms with van der Waals surface area (Å²) in [6, 6.07) is 11.0. The van der Waals surface area contributed by atoms with Gasteiger partial charge in [-0.05, 0) is 48.9 Å². The number of rotatable bonds is 7. The maximum absolute atomic E-state index is 12.6. The second kappa shape index (κ2) is 8.22. The molecule has 2 aromatic carbocycles. The molecule has 0 spiro atoms. The predicted molar refractivity (Wildman–Crippen MR) is 111 cm³/mol. The number of hydrogen-bond donors (Lipinski definition) is 3. The number of nitrogens with one attached hydrogen (secondary N) is 3. The molecule has 8 nitrogen and oxygen atoms in total. The van der Waals surface area contributed by atoms with Gasteiger partial charge in [-0.2, -0.15) is 4.31 Å². The van der Waals surface area contributed by atoms with Crippen molar-refractivity contribution in [3.63, 3.8) is 0 Å². The largest absolute Gasteiger partial charge is 0.346 e. The first-order valence-corrected chi connectivity index (χ1v) is 10.8. The summed E-state index contributed by atoms with van der Waals surface area (Å²) in [5, 5.41) is 2.89. The number of imidazole rings is 1. The highest BCUT2D eigenvalue weighted by Crippen LogP contribution is 2.19. The minimum Gasteiger partial charge on any atom is -0.346 e. The van der Waals surface area contributed by atoms with Crippen molar-refractivity contribution < 1.29 is 13.2 Å².